The fourth-order valence-electron chi connectivity index (χ4n) is 3.49. The van der Waals surface area contributed by atoms with E-state index in [0.29, 0.717) is 22.6 Å². The summed E-state index contributed by atoms with van der Waals surface area (Å²) >= 11 is 5.97. The van der Waals surface area contributed by atoms with Crippen molar-refractivity contribution in [3.8, 4) is 11.1 Å². The summed E-state index contributed by atoms with van der Waals surface area (Å²) < 4.78 is 19.1. The Morgan fingerprint density at radius 1 is 1.27 bits per heavy atom. The van der Waals surface area contributed by atoms with Gasteiger partial charge in [0.15, 0.2) is 6.17 Å². The van der Waals surface area contributed by atoms with E-state index in [2.05, 4.69) is 21.0 Å². The van der Waals surface area contributed by atoms with E-state index in [-0.39, 0.29) is 13.0 Å². The standard InChI is InChI=1S/C22H23ClFN3O6/c1-32-11-14(21(29)30)9-16(25-20(28)19-26-22(31)33-27-19)8-12-2-4-13(5-3-12)17-10-15(23)6-7-18(17)24/h2-7,10,14,16,19,27H,8-9,11H2,1H3,(H,25,28)(H,26,31)(H,29,30)/t14-,16+,19?/m0/s1. The van der Waals surface area contributed by atoms with Gasteiger partial charge < -0.3 is 20.0 Å². The largest absolute Gasteiger partial charge is 0.481 e. The Bertz CT molecular complexity index is 1020. The van der Waals surface area contributed by atoms with E-state index in [1.165, 1.54) is 25.3 Å². The van der Waals surface area contributed by atoms with Crippen LogP contribution in [0.15, 0.2) is 42.5 Å². The molecule has 1 fully saturated rings. The van der Waals surface area contributed by atoms with E-state index in [0.717, 1.165) is 5.56 Å². The molecular formula is C22H23ClFN3O6. The number of carbonyl (C=O) groups is 3. The molecule has 1 aliphatic heterocycles. The number of carboxylic acids is 1. The molecule has 11 heteroatoms. The number of halogens is 2. The van der Waals surface area contributed by atoms with Gasteiger partial charge in [-0.25, -0.2) is 9.18 Å². The predicted molar refractivity (Wildman–Crippen MR) is 117 cm³/mol. The molecule has 0 aromatic heterocycles. The summed E-state index contributed by atoms with van der Waals surface area (Å²) in [6, 6.07) is 10.7. The second-order valence-electron chi connectivity index (χ2n) is 7.54. The van der Waals surface area contributed by atoms with Gasteiger partial charge in [0.1, 0.15) is 5.82 Å². The molecular weight excluding hydrogens is 457 g/mol. The molecule has 0 aliphatic carbocycles. The van der Waals surface area contributed by atoms with Crippen molar-refractivity contribution in [1.29, 1.82) is 0 Å². The lowest BCUT2D eigenvalue weighted by molar-refractivity contribution is -0.144. The normalized spacial score (nSPS) is 17.1. The molecule has 9 nitrogen and oxygen atoms in total. The van der Waals surface area contributed by atoms with Crippen LogP contribution in [0.4, 0.5) is 9.18 Å². The summed E-state index contributed by atoms with van der Waals surface area (Å²) in [6.45, 7) is -0.0315. The first kappa shape index (κ1) is 24.4. The number of hydroxylamine groups is 1. The molecule has 3 rings (SSSR count). The number of amides is 2. The van der Waals surface area contributed by atoms with Crippen LogP contribution < -0.4 is 16.1 Å². The second kappa shape index (κ2) is 11.1. The van der Waals surface area contributed by atoms with Crippen LogP contribution in [0.2, 0.25) is 5.02 Å². The molecule has 2 amide bonds. The van der Waals surface area contributed by atoms with Gasteiger partial charge in [-0.15, -0.1) is 5.48 Å². The molecule has 176 valence electrons. The second-order valence-corrected chi connectivity index (χ2v) is 7.98. The Kier molecular flexibility index (Phi) is 8.21. The minimum Gasteiger partial charge on any atom is -0.481 e. The number of benzene rings is 2. The fourth-order valence-corrected chi connectivity index (χ4v) is 3.67. The van der Waals surface area contributed by atoms with Crippen molar-refractivity contribution in [2.45, 2.75) is 25.0 Å². The van der Waals surface area contributed by atoms with Gasteiger partial charge >= 0.3 is 12.1 Å². The summed E-state index contributed by atoms with van der Waals surface area (Å²) in [5.41, 5.74) is 4.01. The van der Waals surface area contributed by atoms with E-state index in [1.807, 2.05) is 0 Å². The fraction of sp³-hybridized carbons (Fsp3) is 0.318. The molecule has 0 radical (unpaired) electrons. The average molecular weight is 480 g/mol. The maximum atomic E-state index is 14.2. The van der Waals surface area contributed by atoms with E-state index >= 15 is 0 Å². The van der Waals surface area contributed by atoms with Crippen molar-refractivity contribution in [3.05, 3.63) is 58.9 Å². The van der Waals surface area contributed by atoms with Crippen molar-refractivity contribution in [1.82, 2.24) is 16.1 Å². The van der Waals surface area contributed by atoms with E-state index < -0.39 is 41.9 Å². The van der Waals surface area contributed by atoms with Gasteiger partial charge in [-0.05, 0) is 42.2 Å². The van der Waals surface area contributed by atoms with Gasteiger partial charge in [0, 0.05) is 23.7 Å². The van der Waals surface area contributed by atoms with Crippen LogP contribution in [0, 0.1) is 11.7 Å². The number of carbonyl (C=O) groups excluding carboxylic acids is 2. The molecule has 1 saturated heterocycles. The van der Waals surface area contributed by atoms with Gasteiger partial charge in [-0.2, -0.15) is 0 Å². The minimum atomic E-state index is -1.10. The third-order valence-corrected chi connectivity index (χ3v) is 5.34. The molecule has 4 N–H and O–H groups in total. The molecule has 2 aromatic rings. The molecule has 3 atom stereocenters. The van der Waals surface area contributed by atoms with Gasteiger partial charge in [0.2, 0.25) is 0 Å². The zero-order valence-electron chi connectivity index (χ0n) is 17.6. The molecule has 1 aliphatic rings. The lowest BCUT2D eigenvalue weighted by Crippen LogP contribution is -2.51. The topological polar surface area (TPSA) is 126 Å². The Morgan fingerprint density at radius 2 is 2.00 bits per heavy atom. The lowest BCUT2D eigenvalue weighted by Gasteiger charge is -2.23. The molecule has 0 spiro atoms. The molecule has 0 bridgehead atoms. The maximum Gasteiger partial charge on any atom is 0.427 e. The van der Waals surface area contributed by atoms with Gasteiger partial charge in [-0.1, -0.05) is 35.9 Å². The Balaban J connectivity index is 1.76. The van der Waals surface area contributed by atoms with Crippen LogP contribution >= 0.6 is 11.6 Å². The number of methoxy groups -OCH3 is 1. The predicted octanol–water partition coefficient (Wildman–Crippen LogP) is 2.48. The highest BCUT2D eigenvalue weighted by molar-refractivity contribution is 6.30. The Hall–Kier alpha value is -3.21. The van der Waals surface area contributed by atoms with Crippen molar-refractivity contribution in [3.63, 3.8) is 0 Å². The quantitative estimate of drug-likeness (QED) is 0.412. The highest BCUT2D eigenvalue weighted by Gasteiger charge is 2.31. The number of rotatable bonds is 10. The van der Waals surface area contributed by atoms with E-state index in [1.54, 1.807) is 24.3 Å². The van der Waals surface area contributed by atoms with Gasteiger partial charge in [-0.3, -0.25) is 14.9 Å². The molecule has 33 heavy (non-hydrogen) atoms. The molecule has 0 saturated carbocycles. The third-order valence-electron chi connectivity index (χ3n) is 5.10. The third kappa shape index (κ3) is 6.64. The monoisotopic (exact) mass is 479 g/mol. The zero-order chi connectivity index (χ0) is 24.0. The summed E-state index contributed by atoms with van der Waals surface area (Å²) in [7, 11) is 1.40. The Morgan fingerprint density at radius 3 is 2.61 bits per heavy atom. The minimum absolute atomic E-state index is 0.0315. The number of hydrogen-bond acceptors (Lipinski definition) is 6. The molecule has 1 unspecified atom stereocenters. The van der Waals surface area contributed by atoms with Crippen LogP contribution in [0.25, 0.3) is 11.1 Å². The summed E-state index contributed by atoms with van der Waals surface area (Å²) in [5, 5.41) is 14.9. The maximum absolute atomic E-state index is 14.2. The summed E-state index contributed by atoms with van der Waals surface area (Å²) in [5.74, 6) is -2.90. The van der Waals surface area contributed by atoms with E-state index in [4.69, 9.17) is 16.3 Å². The van der Waals surface area contributed by atoms with Crippen molar-refractivity contribution < 1.29 is 33.5 Å². The van der Waals surface area contributed by atoms with Crippen LogP contribution in [0.5, 0.6) is 0 Å². The number of nitrogens with one attached hydrogen (secondary N) is 3. The Labute approximate surface area is 194 Å². The van der Waals surface area contributed by atoms with Crippen molar-refractivity contribution in [2.24, 2.45) is 5.92 Å². The van der Waals surface area contributed by atoms with Gasteiger partial charge in [0.05, 0.1) is 12.5 Å². The first-order valence-electron chi connectivity index (χ1n) is 10.1. The zero-order valence-corrected chi connectivity index (χ0v) is 18.4. The van der Waals surface area contributed by atoms with Gasteiger partial charge in [0.25, 0.3) is 5.91 Å². The van der Waals surface area contributed by atoms with Crippen LogP contribution in [-0.2, 0) is 25.6 Å². The first-order valence-corrected chi connectivity index (χ1v) is 10.4. The van der Waals surface area contributed by atoms with Crippen molar-refractivity contribution in [2.75, 3.05) is 13.7 Å². The van der Waals surface area contributed by atoms with E-state index in [9.17, 15) is 23.9 Å². The average Bonchev–Trinajstić information content (AvgIpc) is 3.22. The molecule has 1 heterocycles. The summed E-state index contributed by atoms with van der Waals surface area (Å²) in [6.07, 6.45) is -1.52. The highest BCUT2D eigenvalue weighted by atomic mass is 35.5. The number of hydrogen-bond donors (Lipinski definition) is 4. The summed E-state index contributed by atoms with van der Waals surface area (Å²) in [4.78, 5) is 39.8. The number of ether oxygens (including phenoxy) is 1. The first-order chi connectivity index (χ1) is 15.8. The van der Waals surface area contributed by atoms with Crippen LogP contribution in [0.3, 0.4) is 0 Å². The molecule has 2 aromatic carbocycles. The SMILES string of the molecule is COC[C@H](C[C@@H](Cc1ccc(-c2cc(Cl)ccc2F)cc1)NC(=O)C1NOC(=O)N1)C(=O)O. The van der Waals surface area contributed by atoms with Crippen molar-refractivity contribution >= 4 is 29.6 Å². The van der Waals surface area contributed by atoms with Crippen LogP contribution in [0.1, 0.15) is 12.0 Å². The van der Waals surface area contributed by atoms with Crippen LogP contribution in [-0.4, -0.2) is 49.0 Å². The smallest absolute Gasteiger partial charge is 0.427 e. The highest BCUT2D eigenvalue weighted by Crippen LogP contribution is 2.26. The lowest BCUT2D eigenvalue weighted by atomic mass is 9.94. The number of carboxylic acid groups (broad SMARTS) is 1. The number of aliphatic carboxylic acids is 1.